The number of esters is 1. The molecule has 26 heavy (non-hydrogen) atoms. The van der Waals surface area contributed by atoms with E-state index in [1.54, 1.807) is 17.0 Å². The van der Waals surface area contributed by atoms with Crippen molar-refractivity contribution >= 4 is 28.5 Å². The summed E-state index contributed by atoms with van der Waals surface area (Å²) in [4.78, 5) is 27.0. The van der Waals surface area contributed by atoms with Gasteiger partial charge in [0.05, 0.1) is 12.7 Å². The summed E-state index contributed by atoms with van der Waals surface area (Å²) in [5.74, 6) is -0.208. The van der Waals surface area contributed by atoms with Crippen molar-refractivity contribution in [2.75, 3.05) is 18.6 Å². The van der Waals surface area contributed by atoms with Crippen LogP contribution in [0.15, 0.2) is 46.9 Å². The van der Waals surface area contributed by atoms with E-state index < -0.39 is 0 Å². The Bertz CT molecular complexity index is 1020. The molecule has 5 heteroatoms. The Morgan fingerprint density at radius 1 is 1.12 bits per heavy atom. The Labute approximate surface area is 151 Å². The molecule has 3 aromatic rings. The highest BCUT2D eigenvalue weighted by Gasteiger charge is 2.30. The number of methoxy groups -OCH3 is 1. The van der Waals surface area contributed by atoms with Gasteiger partial charge in [-0.3, -0.25) is 4.79 Å². The number of amides is 1. The highest BCUT2D eigenvalue weighted by Crippen LogP contribution is 2.33. The van der Waals surface area contributed by atoms with Crippen LogP contribution < -0.4 is 4.90 Å². The molecule has 1 aliphatic rings. The van der Waals surface area contributed by atoms with Crippen molar-refractivity contribution in [1.82, 2.24) is 0 Å². The molecule has 0 radical (unpaired) electrons. The van der Waals surface area contributed by atoms with E-state index in [-0.39, 0.29) is 11.9 Å². The van der Waals surface area contributed by atoms with E-state index in [1.807, 2.05) is 37.3 Å². The molecule has 0 fully saturated rings. The Morgan fingerprint density at radius 2 is 1.92 bits per heavy atom. The van der Waals surface area contributed by atoms with Gasteiger partial charge >= 0.3 is 5.97 Å². The van der Waals surface area contributed by atoms with Gasteiger partial charge in [0.1, 0.15) is 5.58 Å². The first kappa shape index (κ1) is 16.4. The van der Waals surface area contributed by atoms with E-state index >= 15 is 0 Å². The van der Waals surface area contributed by atoms with Crippen LogP contribution in [0.5, 0.6) is 0 Å². The lowest BCUT2D eigenvalue weighted by Gasteiger charge is -2.30. The number of hydrogen-bond donors (Lipinski definition) is 0. The minimum atomic E-state index is -0.379. The van der Waals surface area contributed by atoms with Gasteiger partial charge in [-0.1, -0.05) is 24.3 Å². The van der Waals surface area contributed by atoms with Gasteiger partial charge in [0, 0.05) is 23.2 Å². The van der Waals surface area contributed by atoms with Crippen LogP contribution in [0.25, 0.3) is 11.0 Å². The number of fused-ring (bicyclic) bond motifs is 2. The molecule has 2 aromatic carbocycles. The molecule has 1 amide bonds. The van der Waals surface area contributed by atoms with Crippen LogP contribution in [0.2, 0.25) is 0 Å². The van der Waals surface area contributed by atoms with Crippen LogP contribution >= 0.6 is 0 Å². The van der Waals surface area contributed by atoms with Gasteiger partial charge in [0.15, 0.2) is 5.76 Å². The minimum Gasteiger partial charge on any atom is -0.465 e. The summed E-state index contributed by atoms with van der Waals surface area (Å²) < 4.78 is 10.7. The number of carbonyl (C=O) groups is 2. The summed E-state index contributed by atoms with van der Waals surface area (Å²) in [6, 6.07) is 13.0. The average molecular weight is 349 g/mol. The predicted octanol–water partition coefficient (Wildman–Crippen LogP) is 4.12. The molecule has 0 N–H and O–H groups in total. The van der Waals surface area contributed by atoms with Crippen molar-refractivity contribution in [3.05, 3.63) is 64.9 Å². The summed E-state index contributed by atoms with van der Waals surface area (Å²) in [7, 11) is 1.37. The van der Waals surface area contributed by atoms with Crippen molar-refractivity contribution in [2.45, 2.75) is 19.8 Å². The highest BCUT2D eigenvalue weighted by atomic mass is 16.5. The van der Waals surface area contributed by atoms with Crippen LogP contribution in [0.4, 0.5) is 5.69 Å². The molecule has 0 aliphatic carbocycles. The van der Waals surface area contributed by atoms with Gasteiger partial charge in [0.2, 0.25) is 0 Å². The van der Waals surface area contributed by atoms with Gasteiger partial charge in [-0.05, 0) is 43.5 Å². The van der Waals surface area contributed by atoms with E-state index in [2.05, 4.69) is 0 Å². The Morgan fingerprint density at radius 3 is 2.69 bits per heavy atom. The molecule has 0 atom stereocenters. The molecule has 0 saturated heterocycles. The fraction of sp³-hybridized carbons (Fsp3) is 0.238. The van der Waals surface area contributed by atoms with Gasteiger partial charge in [0.25, 0.3) is 5.91 Å². The summed E-state index contributed by atoms with van der Waals surface area (Å²) in [6.07, 6.45) is 1.52. The van der Waals surface area contributed by atoms with Gasteiger partial charge in [-0.25, -0.2) is 4.79 Å². The quantitative estimate of drug-likeness (QED) is 0.653. The fourth-order valence-corrected chi connectivity index (χ4v) is 3.64. The first-order valence-corrected chi connectivity index (χ1v) is 8.62. The van der Waals surface area contributed by atoms with Crippen LogP contribution in [-0.4, -0.2) is 25.5 Å². The third kappa shape index (κ3) is 2.47. The van der Waals surface area contributed by atoms with Crippen molar-refractivity contribution in [1.29, 1.82) is 0 Å². The number of ether oxygens (including phenoxy) is 1. The topological polar surface area (TPSA) is 59.8 Å². The van der Waals surface area contributed by atoms with Crippen molar-refractivity contribution in [3.63, 3.8) is 0 Å². The number of anilines is 1. The minimum absolute atomic E-state index is 0.179. The maximum Gasteiger partial charge on any atom is 0.338 e. The first-order valence-electron chi connectivity index (χ1n) is 8.62. The molecule has 0 bridgehead atoms. The Balaban J connectivity index is 1.79. The zero-order valence-electron chi connectivity index (χ0n) is 14.7. The SMILES string of the molecule is COC(=O)c1cccc2c1CCCN2C(=O)c1oc2ccccc2c1C. The van der Waals surface area contributed by atoms with Crippen LogP contribution in [-0.2, 0) is 11.2 Å². The van der Waals surface area contributed by atoms with Gasteiger partial charge in [-0.2, -0.15) is 0 Å². The maximum atomic E-state index is 13.2. The molecular formula is C21H19NO4. The first-order chi connectivity index (χ1) is 12.6. The number of aryl methyl sites for hydroxylation is 1. The van der Waals surface area contributed by atoms with Crippen LogP contribution in [0.1, 0.15) is 38.5 Å². The zero-order valence-corrected chi connectivity index (χ0v) is 14.7. The normalized spacial score (nSPS) is 13.5. The second-order valence-electron chi connectivity index (χ2n) is 6.41. The Kier molecular flexibility index (Phi) is 3.99. The molecule has 132 valence electrons. The maximum absolute atomic E-state index is 13.2. The summed E-state index contributed by atoms with van der Waals surface area (Å²) >= 11 is 0. The zero-order chi connectivity index (χ0) is 18.3. The summed E-state index contributed by atoms with van der Waals surface area (Å²) in [5, 5.41) is 0.941. The number of carbonyl (C=O) groups excluding carboxylic acids is 2. The molecular weight excluding hydrogens is 330 g/mol. The largest absolute Gasteiger partial charge is 0.465 e. The molecule has 0 spiro atoms. The lowest BCUT2D eigenvalue weighted by Crippen LogP contribution is -2.36. The molecule has 5 nitrogen and oxygen atoms in total. The van der Waals surface area contributed by atoms with E-state index in [0.29, 0.717) is 23.5 Å². The molecule has 1 aliphatic heterocycles. The predicted molar refractivity (Wildman–Crippen MR) is 98.7 cm³/mol. The number of furan rings is 1. The number of benzene rings is 2. The highest BCUT2D eigenvalue weighted by molar-refractivity contribution is 6.09. The summed E-state index contributed by atoms with van der Waals surface area (Å²) in [5.41, 5.74) is 3.66. The molecule has 2 heterocycles. The number of para-hydroxylation sites is 1. The van der Waals surface area contributed by atoms with Crippen molar-refractivity contribution in [3.8, 4) is 0 Å². The molecule has 1 aromatic heterocycles. The van der Waals surface area contributed by atoms with Gasteiger partial charge < -0.3 is 14.1 Å². The Hall–Kier alpha value is -3.08. The van der Waals surface area contributed by atoms with E-state index in [9.17, 15) is 9.59 Å². The fourth-order valence-electron chi connectivity index (χ4n) is 3.64. The lowest BCUT2D eigenvalue weighted by atomic mass is 9.96. The van der Waals surface area contributed by atoms with E-state index in [1.165, 1.54) is 7.11 Å². The standard InChI is InChI=1S/C21H19NO4/c1-13-14-7-3-4-11-18(14)26-19(13)20(23)22-12-6-9-15-16(21(24)25-2)8-5-10-17(15)22/h3-5,7-8,10-11H,6,9,12H2,1-2H3. The number of rotatable bonds is 2. The van der Waals surface area contributed by atoms with E-state index in [0.717, 1.165) is 35.0 Å². The molecule has 4 rings (SSSR count). The smallest absolute Gasteiger partial charge is 0.338 e. The van der Waals surface area contributed by atoms with Crippen molar-refractivity contribution in [2.24, 2.45) is 0 Å². The second-order valence-corrected chi connectivity index (χ2v) is 6.41. The molecule has 0 unspecified atom stereocenters. The van der Waals surface area contributed by atoms with Gasteiger partial charge in [-0.15, -0.1) is 0 Å². The van der Waals surface area contributed by atoms with Crippen LogP contribution in [0.3, 0.4) is 0 Å². The van der Waals surface area contributed by atoms with Crippen molar-refractivity contribution < 1.29 is 18.7 Å². The summed E-state index contributed by atoms with van der Waals surface area (Å²) in [6.45, 7) is 2.49. The lowest BCUT2D eigenvalue weighted by molar-refractivity contribution is 0.0599. The molecule has 0 saturated carbocycles. The second kappa shape index (κ2) is 6.33. The number of hydrogen-bond acceptors (Lipinski definition) is 4. The third-order valence-electron chi connectivity index (χ3n) is 4.94. The average Bonchev–Trinajstić information content (AvgIpc) is 3.03. The van der Waals surface area contributed by atoms with E-state index in [4.69, 9.17) is 9.15 Å². The third-order valence-corrected chi connectivity index (χ3v) is 4.94. The monoisotopic (exact) mass is 349 g/mol. The van der Waals surface area contributed by atoms with Crippen LogP contribution in [0, 0.1) is 6.92 Å². The number of nitrogens with zero attached hydrogens (tertiary/aromatic N) is 1.